The molecule has 0 saturated heterocycles. The van der Waals surface area contributed by atoms with Crippen molar-refractivity contribution in [3.63, 3.8) is 0 Å². The van der Waals surface area contributed by atoms with Crippen molar-refractivity contribution in [3.8, 4) is 0 Å². The number of anilines is 1. The topological polar surface area (TPSA) is 127 Å². The van der Waals surface area contributed by atoms with Gasteiger partial charge >= 0.3 is 0 Å². The zero-order valence-corrected chi connectivity index (χ0v) is 24.3. The SMILES string of the molecule is C=C/C=N\C1=C(C)Nc2cc(CN(/C=C(\N)CCNC(=O)/C(C=N)=C(\C)O)CCC)ccc2S1.CCCC. The summed E-state index contributed by atoms with van der Waals surface area (Å²) in [5, 5.41) is 23.7. The summed E-state index contributed by atoms with van der Waals surface area (Å²) >= 11 is 1.63. The Morgan fingerprint density at radius 3 is 2.58 bits per heavy atom. The number of thioether (sulfide) groups is 1. The van der Waals surface area contributed by atoms with Gasteiger partial charge in [-0.05, 0) is 38.0 Å². The van der Waals surface area contributed by atoms with Gasteiger partial charge in [0.25, 0.3) is 5.91 Å². The lowest BCUT2D eigenvalue weighted by atomic mass is 10.1. The maximum atomic E-state index is 12.0. The molecule has 1 aliphatic rings. The minimum atomic E-state index is -0.490. The third-order valence-corrected chi connectivity index (χ3v) is 6.59. The third-order valence-electron chi connectivity index (χ3n) is 5.41. The molecule has 0 unspecified atom stereocenters. The van der Waals surface area contributed by atoms with E-state index in [9.17, 15) is 9.90 Å². The molecule has 0 aromatic heterocycles. The highest BCUT2D eigenvalue weighted by molar-refractivity contribution is 8.03. The van der Waals surface area contributed by atoms with Crippen molar-refractivity contribution in [1.82, 2.24) is 10.2 Å². The van der Waals surface area contributed by atoms with E-state index in [2.05, 4.69) is 66.1 Å². The van der Waals surface area contributed by atoms with Crippen molar-refractivity contribution in [2.75, 3.05) is 18.4 Å². The molecule has 1 aromatic rings. The van der Waals surface area contributed by atoms with Crippen LogP contribution >= 0.6 is 11.8 Å². The van der Waals surface area contributed by atoms with Gasteiger partial charge in [-0.1, -0.05) is 64.1 Å². The highest BCUT2D eigenvalue weighted by Gasteiger charge is 2.16. The monoisotopic (exact) mass is 540 g/mol. The molecule has 1 aliphatic heterocycles. The number of aliphatic imine (C=N–C) groups is 1. The number of aliphatic hydroxyl groups is 1. The van der Waals surface area contributed by atoms with Crippen molar-refractivity contribution in [2.24, 2.45) is 10.7 Å². The lowest BCUT2D eigenvalue weighted by Crippen LogP contribution is -2.28. The van der Waals surface area contributed by atoms with E-state index in [4.69, 9.17) is 11.1 Å². The summed E-state index contributed by atoms with van der Waals surface area (Å²) in [5.41, 5.74) is 10.0. The second-order valence-electron chi connectivity index (χ2n) is 8.83. The van der Waals surface area contributed by atoms with Crippen LogP contribution in [0.25, 0.3) is 0 Å². The van der Waals surface area contributed by atoms with Gasteiger partial charge in [0.2, 0.25) is 0 Å². The van der Waals surface area contributed by atoms with Crippen molar-refractivity contribution >= 4 is 35.8 Å². The number of rotatable bonds is 13. The van der Waals surface area contributed by atoms with Crippen molar-refractivity contribution in [2.45, 2.75) is 71.7 Å². The molecule has 6 N–H and O–H groups in total. The van der Waals surface area contributed by atoms with E-state index in [1.165, 1.54) is 19.8 Å². The first-order valence-corrected chi connectivity index (χ1v) is 13.8. The minimum Gasteiger partial charge on any atom is -0.512 e. The summed E-state index contributed by atoms with van der Waals surface area (Å²) in [6.45, 7) is 15.4. The molecule has 0 saturated carbocycles. The van der Waals surface area contributed by atoms with E-state index >= 15 is 0 Å². The number of carbonyl (C=O) groups is 1. The number of allylic oxidation sites excluding steroid dienone is 3. The van der Waals surface area contributed by atoms with Crippen LogP contribution in [0.2, 0.25) is 0 Å². The Labute approximate surface area is 232 Å². The maximum absolute atomic E-state index is 12.0. The van der Waals surface area contributed by atoms with Crippen LogP contribution in [0, 0.1) is 5.41 Å². The molecule has 0 aliphatic carbocycles. The molecule has 1 amide bonds. The Bertz CT molecular complexity index is 1070. The number of unbranched alkanes of at least 4 members (excludes halogenated alkanes) is 1. The molecule has 0 radical (unpaired) electrons. The van der Waals surface area contributed by atoms with Crippen LogP contribution in [0.3, 0.4) is 0 Å². The molecular formula is C29H44N6O2S. The van der Waals surface area contributed by atoms with Crippen LogP contribution in [0.5, 0.6) is 0 Å². The number of carbonyl (C=O) groups excluding carboxylic acids is 1. The third kappa shape index (κ3) is 11.3. The van der Waals surface area contributed by atoms with Crippen LogP contribution in [-0.4, -0.2) is 41.4 Å². The van der Waals surface area contributed by atoms with Gasteiger partial charge in [0.05, 0.1) is 11.3 Å². The first kappa shape index (κ1) is 32.6. The Hall–Kier alpha value is -3.46. The largest absolute Gasteiger partial charge is 0.512 e. The number of nitrogens with zero attached hydrogens (tertiary/aromatic N) is 2. The van der Waals surface area contributed by atoms with E-state index < -0.39 is 5.91 Å². The van der Waals surface area contributed by atoms with E-state index in [1.807, 2.05) is 13.1 Å². The average molecular weight is 541 g/mol. The lowest BCUT2D eigenvalue weighted by Gasteiger charge is -2.24. The van der Waals surface area contributed by atoms with Crippen molar-refractivity contribution < 1.29 is 9.90 Å². The van der Waals surface area contributed by atoms with Gasteiger partial charge in [-0.15, -0.1) is 0 Å². The first-order chi connectivity index (χ1) is 18.2. The standard InChI is InChI=1S/C25H34N6O2S.C4H10/c1-5-10-29-25-17(3)30-22-13-19(7-8-23(22)34-25)15-31(12-6-2)16-20(27)9-11-28-24(33)21(14-26)18(4)32;1-3-4-2/h5,7-8,10,13-14,16,26,30,32H,1,6,9,11-12,15,27H2,2-4H3,(H,28,33);3-4H2,1-2H3/b20-16-,21-18+,26-14?,29-10-;. The fourth-order valence-electron chi connectivity index (χ4n) is 3.30. The zero-order chi connectivity index (χ0) is 28.5. The molecule has 1 heterocycles. The average Bonchev–Trinajstić information content (AvgIpc) is 2.88. The highest BCUT2D eigenvalue weighted by Crippen LogP contribution is 2.40. The Morgan fingerprint density at radius 2 is 2.00 bits per heavy atom. The normalized spacial score (nSPS) is 13.6. The number of nitrogens with one attached hydrogen (secondary N) is 3. The summed E-state index contributed by atoms with van der Waals surface area (Å²) in [7, 11) is 0. The Morgan fingerprint density at radius 1 is 1.29 bits per heavy atom. The number of hydrogen-bond acceptors (Lipinski definition) is 8. The second-order valence-corrected chi connectivity index (χ2v) is 9.86. The Balaban J connectivity index is 0.00000168. The maximum Gasteiger partial charge on any atom is 0.256 e. The Kier molecular flexibility index (Phi) is 15.3. The van der Waals surface area contributed by atoms with Gasteiger partial charge in [0.15, 0.2) is 0 Å². The summed E-state index contributed by atoms with van der Waals surface area (Å²) in [4.78, 5) is 19.7. The molecule has 1 aromatic carbocycles. The van der Waals surface area contributed by atoms with Crippen molar-refractivity contribution in [3.05, 3.63) is 70.4 Å². The van der Waals surface area contributed by atoms with Gasteiger partial charge in [0.1, 0.15) is 10.8 Å². The second kappa shape index (κ2) is 17.9. The minimum absolute atomic E-state index is 0.0564. The van der Waals surface area contributed by atoms with E-state index in [0.717, 1.165) is 46.1 Å². The van der Waals surface area contributed by atoms with Gasteiger partial charge in [-0.25, -0.2) is 4.99 Å². The molecule has 0 atom stereocenters. The van der Waals surface area contributed by atoms with Crippen LogP contribution < -0.4 is 16.4 Å². The molecule has 208 valence electrons. The number of aliphatic hydroxyl groups excluding tert-OH is 1. The summed E-state index contributed by atoms with van der Waals surface area (Å²) in [6, 6.07) is 6.36. The van der Waals surface area contributed by atoms with Gasteiger partial charge in [0, 0.05) is 61.0 Å². The van der Waals surface area contributed by atoms with E-state index in [1.54, 1.807) is 24.1 Å². The molecule has 0 bridgehead atoms. The predicted molar refractivity (Wildman–Crippen MR) is 163 cm³/mol. The van der Waals surface area contributed by atoms with Crippen LogP contribution in [0.15, 0.2) is 74.7 Å². The van der Waals surface area contributed by atoms with Crippen LogP contribution in [-0.2, 0) is 11.3 Å². The first-order valence-electron chi connectivity index (χ1n) is 13.0. The zero-order valence-electron chi connectivity index (χ0n) is 23.4. The van der Waals surface area contributed by atoms with Crippen LogP contribution in [0.4, 0.5) is 5.69 Å². The summed E-state index contributed by atoms with van der Waals surface area (Å²) < 4.78 is 0. The molecular weight excluding hydrogens is 496 g/mol. The fraction of sp³-hybridized carbons (Fsp3) is 0.414. The van der Waals surface area contributed by atoms with E-state index in [0.29, 0.717) is 25.2 Å². The quantitative estimate of drug-likeness (QED) is 0.111. The molecule has 38 heavy (non-hydrogen) atoms. The molecule has 9 heteroatoms. The number of nitrogens with two attached hydrogens (primary N) is 1. The van der Waals surface area contributed by atoms with Crippen LogP contribution in [0.1, 0.15) is 65.9 Å². The van der Waals surface area contributed by atoms with Gasteiger partial charge < -0.3 is 31.8 Å². The van der Waals surface area contributed by atoms with Gasteiger partial charge in [-0.2, -0.15) is 0 Å². The number of amides is 1. The molecule has 2 rings (SSSR count). The van der Waals surface area contributed by atoms with E-state index in [-0.39, 0.29) is 11.3 Å². The lowest BCUT2D eigenvalue weighted by molar-refractivity contribution is -0.117. The number of benzene rings is 1. The highest BCUT2D eigenvalue weighted by atomic mass is 32.2. The fourth-order valence-corrected chi connectivity index (χ4v) is 4.18. The van der Waals surface area contributed by atoms with Crippen molar-refractivity contribution in [1.29, 1.82) is 5.41 Å². The smallest absolute Gasteiger partial charge is 0.256 e. The number of hydrogen-bond donors (Lipinski definition) is 5. The predicted octanol–water partition coefficient (Wildman–Crippen LogP) is 6.46. The number of fused-ring (bicyclic) bond motifs is 1. The molecule has 8 nitrogen and oxygen atoms in total. The summed E-state index contributed by atoms with van der Waals surface area (Å²) in [6.07, 6.45) is 10.2. The molecule has 0 spiro atoms. The summed E-state index contributed by atoms with van der Waals surface area (Å²) in [5.74, 6) is -0.676. The van der Waals surface area contributed by atoms with Gasteiger partial charge in [-0.3, -0.25) is 4.79 Å². The molecule has 0 fully saturated rings.